The third-order valence-corrected chi connectivity index (χ3v) is 5.10. The molecule has 0 fully saturated rings. The highest BCUT2D eigenvalue weighted by Crippen LogP contribution is 2.35. The number of hydrogen-bond acceptors (Lipinski definition) is 3. The van der Waals surface area contributed by atoms with E-state index < -0.39 is 6.10 Å². The van der Waals surface area contributed by atoms with Crippen molar-refractivity contribution in [3.8, 4) is 0 Å². The Hall–Kier alpha value is -1.81. The molecular weight excluding hydrogens is 302 g/mol. The Morgan fingerprint density at radius 2 is 2.04 bits per heavy atom. The zero-order valence-electron chi connectivity index (χ0n) is 15.4. The summed E-state index contributed by atoms with van der Waals surface area (Å²) >= 11 is 0. The molecule has 1 aliphatic rings. The summed E-state index contributed by atoms with van der Waals surface area (Å²) in [7, 11) is 3.17. The summed E-state index contributed by atoms with van der Waals surface area (Å²) in [6, 6.07) is 7.81. The van der Waals surface area contributed by atoms with E-state index in [9.17, 15) is 4.79 Å². The Morgan fingerprint density at radius 3 is 2.71 bits per heavy atom. The van der Waals surface area contributed by atoms with Gasteiger partial charge in [0.2, 0.25) is 0 Å². The molecule has 3 unspecified atom stereocenters. The van der Waals surface area contributed by atoms with Crippen LogP contribution in [0.1, 0.15) is 50.8 Å². The average Bonchev–Trinajstić information content (AvgIpc) is 2.60. The van der Waals surface area contributed by atoms with Crippen molar-refractivity contribution in [2.24, 2.45) is 11.8 Å². The molecular formula is C20H29NO3. The summed E-state index contributed by atoms with van der Waals surface area (Å²) in [5.41, 5.74) is 3.18. The van der Waals surface area contributed by atoms with Crippen molar-refractivity contribution in [3.63, 3.8) is 0 Å². The van der Waals surface area contributed by atoms with Crippen LogP contribution in [-0.2, 0) is 20.9 Å². The maximum absolute atomic E-state index is 12.1. The number of hydrogen-bond donors (Lipinski definition) is 1. The van der Waals surface area contributed by atoms with E-state index >= 15 is 0 Å². The minimum absolute atomic E-state index is 0.153. The summed E-state index contributed by atoms with van der Waals surface area (Å²) < 4.78 is 11.6. The number of likely N-dealkylation sites (N-methyl/N-ethyl adjacent to an activating group) is 1. The highest BCUT2D eigenvalue weighted by Gasteiger charge is 2.26. The largest absolute Gasteiger partial charge is 0.493 e. The molecule has 4 heteroatoms. The third-order valence-electron chi connectivity index (χ3n) is 5.10. The van der Waals surface area contributed by atoms with Gasteiger partial charge in [0.15, 0.2) is 6.10 Å². The van der Waals surface area contributed by atoms with Gasteiger partial charge >= 0.3 is 0 Å². The number of carbonyl (C=O) groups is 1. The molecule has 0 spiro atoms. The first-order valence-corrected chi connectivity index (χ1v) is 8.64. The van der Waals surface area contributed by atoms with E-state index in [1.807, 2.05) is 24.3 Å². The number of amides is 1. The maximum Gasteiger partial charge on any atom is 0.253 e. The van der Waals surface area contributed by atoms with Gasteiger partial charge in [-0.2, -0.15) is 0 Å². The SMILES string of the molecule is CNC(=O)C(OC)c1ccccc1COC1=C(C)CCC(C)C1C. The second-order valence-electron chi connectivity index (χ2n) is 6.67. The lowest BCUT2D eigenvalue weighted by molar-refractivity contribution is -0.130. The van der Waals surface area contributed by atoms with Crippen LogP contribution in [0.15, 0.2) is 35.6 Å². The van der Waals surface area contributed by atoms with Crippen LogP contribution in [0.5, 0.6) is 0 Å². The van der Waals surface area contributed by atoms with Gasteiger partial charge < -0.3 is 14.8 Å². The molecule has 4 nitrogen and oxygen atoms in total. The molecule has 1 aromatic rings. The number of allylic oxidation sites excluding steroid dienone is 2. The van der Waals surface area contributed by atoms with Crippen LogP contribution in [0.2, 0.25) is 0 Å². The Morgan fingerprint density at radius 1 is 1.33 bits per heavy atom. The minimum atomic E-state index is -0.618. The molecule has 1 N–H and O–H groups in total. The number of ether oxygens (including phenoxy) is 2. The molecule has 0 aromatic heterocycles. The van der Waals surface area contributed by atoms with Crippen LogP contribution in [0.4, 0.5) is 0 Å². The van der Waals surface area contributed by atoms with Gasteiger partial charge in [-0.05, 0) is 42.4 Å². The van der Waals surface area contributed by atoms with Crippen molar-refractivity contribution < 1.29 is 14.3 Å². The van der Waals surface area contributed by atoms with Crippen molar-refractivity contribution in [3.05, 3.63) is 46.7 Å². The van der Waals surface area contributed by atoms with Crippen LogP contribution in [0.3, 0.4) is 0 Å². The van der Waals surface area contributed by atoms with Crippen LogP contribution in [0.25, 0.3) is 0 Å². The first-order valence-electron chi connectivity index (χ1n) is 8.64. The Balaban J connectivity index is 2.20. The monoisotopic (exact) mass is 331 g/mol. The normalized spacial score (nSPS) is 22.2. The molecule has 1 aromatic carbocycles. The van der Waals surface area contributed by atoms with Gasteiger partial charge in [-0.15, -0.1) is 0 Å². The Bertz CT molecular complexity index is 609. The number of carbonyl (C=O) groups excluding carboxylic acids is 1. The lowest BCUT2D eigenvalue weighted by Crippen LogP contribution is -2.27. The van der Waals surface area contributed by atoms with Crippen molar-refractivity contribution in [2.45, 2.75) is 46.3 Å². The second kappa shape index (κ2) is 8.34. The summed E-state index contributed by atoms with van der Waals surface area (Å²) in [6.07, 6.45) is 1.70. The maximum atomic E-state index is 12.1. The van der Waals surface area contributed by atoms with E-state index in [0.29, 0.717) is 18.4 Å². The Kier molecular flexibility index (Phi) is 6.44. The quantitative estimate of drug-likeness (QED) is 0.858. The van der Waals surface area contributed by atoms with E-state index in [4.69, 9.17) is 9.47 Å². The average molecular weight is 331 g/mol. The number of nitrogens with one attached hydrogen (secondary N) is 1. The summed E-state index contributed by atoms with van der Waals surface area (Å²) in [5.74, 6) is 2.03. The molecule has 1 aliphatic carbocycles. The van der Waals surface area contributed by atoms with Crippen molar-refractivity contribution in [1.82, 2.24) is 5.32 Å². The highest BCUT2D eigenvalue weighted by molar-refractivity contribution is 5.82. The zero-order valence-corrected chi connectivity index (χ0v) is 15.4. The minimum Gasteiger partial charge on any atom is -0.493 e. The fraction of sp³-hybridized carbons (Fsp3) is 0.550. The lowest BCUT2D eigenvalue weighted by Gasteiger charge is -2.30. The molecule has 3 atom stereocenters. The lowest BCUT2D eigenvalue weighted by atomic mass is 9.82. The van der Waals surface area contributed by atoms with Crippen molar-refractivity contribution >= 4 is 5.91 Å². The topological polar surface area (TPSA) is 47.6 Å². The Labute approximate surface area is 145 Å². The summed E-state index contributed by atoms with van der Waals surface area (Å²) in [5, 5.41) is 2.65. The van der Waals surface area contributed by atoms with Gasteiger partial charge in [-0.1, -0.05) is 38.1 Å². The summed E-state index contributed by atoms with van der Waals surface area (Å²) in [4.78, 5) is 12.1. The predicted octanol–water partition coefficient (Wildman–Crippen LogP) is 3.98. The van der Waals surface area contributed by atoms with Crippen LogP contribution in [0, 0.1) is 11.8 Å². The number of benzene rings is 1. The first-order chi connectivity index (χ1) is 11.5. The van der Waals surface area contributed by atoms with E-state index in [1.165, 1.54) is 12.0 Å². The van der Waals surface area contributed by atoms with E-state index in [0.717, 1.165) is 23.3 Å². The molecule has 1 amide bonds. The molecule has 0 aliphatic heterocycles. The highest BCUT2D eigenvalue weighted by atomic mass is 16.5. The van der Waals surface area contributed by atoms with Crippen LogP contribution in [-0.4, -0.2) is 20.1 Å². The fourth-order valence-corrected chi connectivity index (χ4v) is 3.30. The smallest absolute Gasteiger partial charge is 0.253 e. The molecule has 0 heterocycles. The van der Waals surface area contributed by atoms with Gasteiger partial charge in [0.25, 0.3) is 5.91 Å². The number of methoxy groups -OCH3 is 1. The van der Waals surface area contributed by atoms with Crippen molar-refractivity contribution in [2.75, 3.05) is 14.2 Å². The van der Waals surface area contributed by atoms with Crippen molar-refractivity contribution in [1.29, 1.82) is 0 Å². The number of rotatable bonds is 6. The van der Waals surface area contributed by atoms with E-state index in [-0.39, 0.29) is 5.91 Å². The van der Waals surface area contributed by atoms with E-state index in [1.54, 1.807) is 14.2 Å². The third kappa shape index (κ3) is 3.99. The molecule has 0 radical (unpaired) electrons. The molecule has 0 bridgehead atoms. The zero-order chi connectivity index (χ0) is 17.7. The molecule has 2 rings (SSSR count). The molecule has 132 valence electrons. The molecule has 0 saturated heterocycles. The standard InChI is InChI=1S/C20H29NO3/c1-13-10-11-14(2)18(15(13)3)24-12-16-8-6-7-9-17(16)19(23-5)20(22)21-4/h6-9,13,15,19H,10-12H2,1-5H3,(H,21,22). The summed E-state index contributed by atoms with van der Waals surface area (Å²) in [6.45, 7) is 7.13. The second-order valence-corrected chi connectivity index (χ2v) is 6.67. The fourth-order valence-electron chi connectivity index (χ4n) is 3.30. The van der Waals surface area contributed by atoms with Crippen LogP contribution >= 0.6 is 0 Å². The van der Waals surface area contributed by atoms with E-state index in [2.05, 4.69) is 26.1 Å². The van der Waals surface area contributed by atoms with Gasteiger partial charge in [-0.25, -0.2) is 0 Å². The molecule has 24 heavy (non-hydrogen) atoms. The van der Waals surface area contributed by atoms with Crippen LogP contribution < -0.4 is 5.32 Å². The van der Waals surface area contributed by atoms with Gasteiger partial charge in [0.1, 0.15) is 6.61 Å². The van der Waals surface area contributed by atoms with Gasteiger partial charge in [0, 0.05) is 20.1 Å². The first kappa shape index (κ1) is 18.5. The van der Waals surface area contributed by atoms with Gasteiger partial charge in [-0.3, -0.25) is 4.79 Å². The predicted molar refractivity (Wildman–Crippen MR) is 95.3 cm³/mol. The van der Waals surface area contributed by atoms with Gasteiger partial charge in [0.05, 0.1) is 5.76 Å². The molecule has 0 saturated carbocycles.